The summed E-state index contributed by atoms with van der Waals surface area (Å²) < 4.78 is 0. The van der Waals surface area contributed by atoms with E-state index in [1.54, 1.807) is 12.4 Å². The molecular formula is C9H12NNaO. The number of aldehydes is 1. The molecule has 1 aromatic heterocycles. The molecule has 0 radical (unpaired) electrons. The van der Waals surface area contributed by atoms with Crippen molar-refractivity contribution in [3.05, 3.63) is 30.1 Å². The van der Waals surface area contributed by atoms with E-state index in [0.29, 0.717) is 12.3 Å². The second-order valence-corrected chi connectivity index (χ2v) is 2.59. The SMILES string of the molecule is CC(CC=O)c1cccnc1.[H-].[Na+]. The predicted octanol–water partition coefficient (Wildman–Crippen LogP) is -1.11. The number of aromatic nitrogens is 1. The molecule has 1 unspecified atom stereocenters. The van der Waals surface area contributed by atoms with Gasteiger partial charge in [-0.05, 0) is 17.5 Å². The molecule has 0 N–H and O–H groups in total. The average molecular weight is 173 g/mol. The molecule has 1 heterocycles. The molecule has 12 heavy (non-hydrogen) atoms. The molecule has 1 rings (SSSR count). The summed E-state index contributed by atoms with van der Waals surface area (Å²) in [5.74, 6) is 0.293. The second kappa shape index (κ2) is 6.35. The summed E-state index contributed by atoms with van der Waals surface area (Å²) >= 11 is 0. The van der Waals surface area contributed by atoms with Gasteiger partial charge in [-0.25, -0.2) is 0 Å². The number of nitrogens with zero attached hydrogens (tertiary/aromatic N) is 1. The van der Waals surface area contributed by atoms with Crippen LogP contribution in [0.25, 0.3) is 0 Å². The minimum Gasteiger partial charge on any atom is -1.00 e. The molecule has 0 amide bonds. The van der Waals surface area contributed by atoms with Gasteiger partial charge in [0.1, 0.15) is 6.29 Å². The van der Waals surface area contributed by atoms with Gasteiger partial charge < -0.3 is 6.22 Å². The van der Waals surface area contributed by atoms with Crippen LogP contribution in [0.1, 0.15) is 26.3 Å². The normalized spacial score (nSPS) is 11.4. The van der Waals surface area contributed by atoms with Crippen molar-refractivity contribution in [1.29, 1.82) is 0 Å². The van der Waals surface area contributed by atoms with Crippen LogP contribution >= 0.6 is 0 Å². The zero-order valence-corrected chi connectivity index (χ0v) is 9.53. The topological polar surface area (TPSA) is 30.0 Å². The summed E-state index contributed by atoms with van der Waals surface area (Å²) in [5, 5.41) is 0. The standard InChI is InChI=1S/C9H11NO.Na.H/c1-8(4-6-11)9-3-2-5-10-7-9;;/h2-3,5-8H,4H2,1H3;;/q;+1;-1. The quantitative estimate of drug-likeness (QED) is 0.428. The third-order valence-corrected chi connectivity index (χ3v) is 1.70. The summed E-state index contributed by atoms with van der Waals surface area (Å²) in [4.78, 5) is 14.1. The molecule has 60 valence electrons. The smallest absolute Gasteiger partial charge is 1.00 e. The molecule has 0 saturated heterocycles. The van der Waals surface area contributed by atoms with Gasteiger partial charge in [0, 0.05) is 18.8 Å². The molecule has 0 saturated carbocycles. The third kappa shape index (κ3) is 3.48. The summed E-state index contributed by atoms with van der Waals surface area (Å²) in [6.45, 7) is 2.02. The first-order chi connectivity index (χ1) is 5.34. The van der Waals surface area contributed by atoms with Gasteiger partial charge in [-0.2, -0.15) is 0 Å². The first kappa shape index (κ1) is 11.8. The van der Waals surface area contributed by atoms with Crippen molar-refractivity contribution >= 4 is 6.29 Å². The summed E-state index contributed by atoms with van der Waals surface area (Å²) in [6, 6.07) is 3.87. The Labute approximate surface area is 96.2 Å². The summed E-state index contributed by atoms with van der Waals surface area (Å²) in [7, 11) is 0. The van der Waals surface area contributed by atoms with Crippen molar-refractivity contribution in [3.63, 3.8) is 0 Å². The monoisotopic (exact) mass is 173 g/mol. The van der Waals surface area contributed by atoms with Gasteiger partial charge in [0.15, 0.2) is 0 Å². The Morgan fingerprint density at radius 3 is 3.00 bits per heavy atom. The van der Waals surface area contributed by atoms with Gasteiger partial charge in [-0.15, -0.1) is 0 Å². The number of hydrogen-bond donors (Lipinski definition) is 0. The van der Waals surface area contributed by atoms with Crippen molar-refractivity contribution in [2.75, 3.05) is 0 Å². The van der Waals surface area contributed by atoms with Crippen molar-refractivity contribution in [2.45, 2.75) is 19.3 Å². The summed E-state index contributed by atoms with van der Waals surface area (Å²) in [6.07, 6.45) is 5.05. The van der Waals surface area contributed by atoms with Crippen LogP contribution in [0, 0.1) is 0 Å². The van der Waals surface area contributed by atoms with Gasteiger partial charge >= 0.3 is 29.6 Å². The zero-order valence-electron chi connectivity index (χ0n) is 8.53. The van der Waals surface area contributed by atoms with E-state index in [9.17, 15) is 4.79 Å². The van der Waals surface area contributed by atoms with Crippen molar-refractivity contribution < 1.29 is 35.8 Å². The fraction of sp³-hybridized carbons (Fsp3) is 0.333. The van der Waals surface area contributed by atoms with Crippen LogP contribution in [-0.4, -0.2) is 11.3 Å². The number of carbonyl (C=O) groups is 1. The average Bonchev–Trinajstić information content (AvgIpc) is 2.07. The van der Waals surface area contributed by atoms with Gasteiger partial charge in [0.25, 0.3) is 0 Å². The Balaban J connectivity index is 0. The molecule has 0 aliphatic carbocycles. The van der Waals surface area contributed by atoms with Crippen LogP contribution in [0.5, 0.6) is 0 Å². The fourth-order valence-electron chi connectivity index (χ4n) is 0.948. The number of carbonyl (C=O) groups excluding carboxylic acids is 1. The van der Waals surface area contributed by atoms with E-state index in [0.717, 1.165) is 11.8 Å². The van der Waals surface area contributed by atoms with Gasteiger partial charge in [-0.3, -0.25) is 4.98 Å². The first-order valence-electron chi connectivity index (χ1n) is 3.68. The molecule has 0 fully saturated rings. The van der Waals surface area contributed by atoms with Crippen LogP contribution in [-0.2, 0) is 4.79 Å². The molecular weight excluding hydrogens is 161 g/mol. The van der Waals surface area contributed by atoms with E-state index in [1.807, 2.05) is 19.1 Å². The number of pyridine rings is 1. The Morgan fingerprint density at radius 2 is 2.50 bits per heavy atom. The number of rotatable bonds is 3. The minimum atomic E-state index is 0. The van der Waals surface area contributed by atoms with Crippen LogP contribution in [0.4, 0.5) is 0 Å². The van der Waals surface area contributed by atoms with Crippen molar-refractivity contribution in [1.82, 2.24) is 4.98 Å². The maximum Gasteiger partial charge on any atom is 1.00 e. The molecule has 1 aromatic rings. The molecule has 0 bridgehead atoms. The third-order valence-electron chi connectivity index (χ3n) is 1.70. The minimum absolute atomic E-state index is 0. The van der Waals surface area contributed by atoms with E-state index in [2.05, 4.69) is 4.98 Å². The zero-order chi connectivity index (χ0) is 8.10. The van der Waals surface area contributed by atoms with Gasteiger partial charge in [-0.1, -0.05) is 13.0 Å². The van der Waals surface area contributed by atoms with E-state index in [-0.39, 0.29) is 31.0 Å². The van der Waals surface area contributed by atoms with Crippen molar-refractivity contribution in [3.8, 4) is 0 Å². The Morgan fingerprint density at radius 1 is 1.75 bits per heavy atom. The molecule has 1 atom stereocenters. The molecule has 0 aliphatic rings. The van der Waals surface area contributed by atoms with E-state index < -0.39 is 0 Å². The van der Waals surface area contributed by atoms with E-state index in [4.69, 9.17) is 0 Å². The summed E-state index contributed by atoms with van der Waals surface area (Å²) in [5.41, 5.74) is 1.12. The van der Waals surface area contributed by atoms with Crippen molar-refractivity contribution in [2.24, 2.45) is 0 Å². The van der Waals surface area contributed by atoms with Crippen LogP contribution < -0.4 is 29.6 Å². The largest absolute Gasteiger partial charge is 1.00 e. The number of hydrogen-bond acceptors (Lipinski definition) is 2. The Hall–Kier alpha value is -0.180. The predicted molar refractivity (Wildman–Crippen MR) is 44.4 cm³/mol. The van der Waals surface area contributed by atoms with Gasteiger partial charge in [0.05, 0.1) is 0 Å². The fourth-order valence-corrected chi connectivity index (χ4v) is 0.948. The maximum absolute atomic E-state index is 10.2. The molecule has 2 nitrogen and oxygen atoms in total. The Kier molecular flexibility index (Phi) is 6.25. The van der Waals surface area contributed by atoms with Gasteiger partial charge in [0.2, 0.25) is 0 Å². The second-order valence-electron chi connectivity index (χ2n) is 2.59. The molecule has 0 spiro atoms. The molecule has 0 aromatic carbocycles. The first-order valence-corrected chi connectivity index (χ1v) is 3.68. The van der Waals surface area contributed by atoms with E-state index in [1.165, 1.54) is 0 Å². The maximum atomic E-state index is 10.2. The van der Waals surface area contributed by atoms with Crippen LogP contribution in [0.15, 0.2) is 24.5 Å². The molecule has 3 heteroatoms. The van der Waals surface area contributed by atoms with Crippen LogP contribution in [0.2, 0.25) is 0 Å². The van der Waals surface area contributed by atoms with E-state index >= 15 is 0 Å². The molecule has 0 aliphatic heterocycles. The Bertz CT molecular complexity index is 230. The van der Waals surface area contributed by atoms with Crippen LogP contribution in [0.3, 0.4) is 0 Å².